The minimum atomic E-state index is -4.18. The second kappa shape index (κ2) is 9.08. The van der Waals surface area contributed by atoms with E-state index in [4.69, 9.17) is 21.5 Å². The fraction of sp³-hybridized carbons (Fsp3) is 0.200. The van der Waals surface area contributed by atoms with E-state index in [2.05, 4.69) is 0 Å². The van der Waals surface area contributed by atoms with Crippen LogP contribution in [0.5, 0.6) is 5.75 Å². The van der Waals surface area contributed by atoms with Crippen LogP contribution in [-0.4, -0.2) is 40.4 Å². The minimum Gasteiger partial charge on any atom is -0.488 e. The van der Waals surface area contributed by atoms with Crippen LogP contribution in [0.3, 0.4) is 0 Å². The first-order valence-electron chi connectivity index (χ1n) is 8.71. The maximum atomic E-state index is 12.6. The van der Waals surface area contributed by atoms with Crippen molar-refractivity contribution < 1.29 is 22.5 Å². The number of ether oxygens (including phenoxy) is 1. The molecule has 9 heteroatoms. The van der Waals surface area contributed by atoms with Crippen LogP contribution in [0.4, 0.5) is 0 Å². The number of thioether (sulfide) groups is 1. The van der Waals surface area contributed by atoms with Crippen LogP contribution in [-0.2, 0) is 21.5 Å². The predicted octanol–water partition coefficient (Wildman–Crippen LogP) is 3.66. The summed E-state index contributed by atoms with van der Waals surface area (Å²) in [5, 5.41) is 0. The number of para-hydroxylation sites is 1. The van der Waals surface area contributed by atoms with Gasteiger partial charge in [0.1, 0.15) is 16.7 Å². The third-order valence-electron chi connectivity index (χ3n) is 4.17. The lowest BCUT2D eigenvalue weighted by atomic mass is 10.1. The molecule has 0 unspecified atom stereocenters. The Balaban J connectivity index is 1.75. The van der Waals surface area contributed by atoms with Crippen LogP contribution in [0.2, 0.25) is 0 Å². The smallest absolute Gasteiger partial charge is 0.266 e. The quantitative estimate of drug-likeness (QED) is 0.392. The van der Waals surface area contributed by atoms with Crippen LogP contribution in [0, 0.1) is 6.92 Å². The number of nitrogens with zero attached hydrogens (tertiary/aromatic N) is 1. The van der Waals surface area contributed by atoms with E-state index in [1.54, 1.807) is 6.08 Å². The fourth-order valence-corrected chi connectivity index (χ4v) is 4.33. The van der Waals surface area contributed by atoms with Crippen LogP contribution in [0.15, 0.2) is 53.4 Å². The molecule has 0 atom stereocenters. The largest absolute Gasteiger partial charge is 0.488 e. The van der Waals surface area contributed by atoms with Gasteiger partial charge in [0, 0.05) is 12.1 Å². The van der Waals surface area contributed by atoms with E-state index in [1.807, 2.05) is 55.5 Å². The first-order chi connectivity index (χ1) is 13.7. The maximum Gasteiger partial charge on any atom is 0.266 e. The van der Waals surface area contributed by atoms with Gasteiger partial charge in [-0.05, 0) is 24.6 Å². The molecule has 0 spiro atoms. The Morgan fingerprint density at radius 3 is 2.55 bits per heavy atom. The van der Waals surface area contributed by atoms with Gasteiger partial charge >= 0.3 is 0 Å². The lowest BCUT2D eigenvalue weighted by Crippen LogP contribution is -2.32. The van der Waals surface area contributed by atoms with Gasteiger partial charge < -0.3 is 4.74 Å². The van der Waals surface area contributed by atoms with Gasteiger partial charge in [-0.15, -0.1) is 0 Å². The molecule has 1 amide bonds. The summed E-state index contributed by atoms with van der Waals surface area (Å²) in [4.78, 5) is 14.1. The highest BCUT2D eigenvalue weighted by Gasteiger charge is 2.32. The van der Waals surface area contributed by atoms with E-state index in [0.29, 0.717) is 17.3 Å². The highest BCUT2D eigenvalue weighted by Crippen LogP contribution is 2.34. The average Bonchev–Trinajstić information content (AvgIpc) is 2.93. The van der Waals surface area contributed by atoms with E-state index in [9.17, 15) is 13.2 Å². The van der Waals surface area contributed by atoms with Gasteiger partial charge in [0.15, 0.2) is 0 Å². The molecular weight excluding hydrogens is 430 g/mol. The number of hydrogen-bond acceptors (Lipinski definition) is 6. The molecule has 0 saturated carbocycles. The van der Waals surface area contributed by atoms with Gasteiger partial charge in [-0.3, -0.25) is 14.2 Å². The molecule has 1 aliphatic rings. The Labute approximate surface area is 179 Å². The molecule has 0 aromatic heterocycles. The van der Waals surface area contributed by atoms with Crippen LogP contribution < -0.4 is 4.74 Å². The SMILES string of the molecule is Cc1ccc(COc2ccccc2C=C2SC(=S)N(CCS(=O)(=O)O)C2=O)cc1. The predicted molar refractivity (Wildman–Crippen MR) is 118 cm³/mol. The molecule has 6 nitrogen and oxygen atoms in total. The normalized spacial score (nSPS) is 15.9. The van der Waals surface area contributed by atoms with E-state index < -0.39 is 21.8 Å². The molecule has 29 heavy (non-hydrogen) atoms. The van der Waals surface area contributed by atoms with Gasteiger partial charge in [-0.2, -0.15) is 8.42 Å². The molecule has 2 aromatic carbocycles. The van der Waals surface area contributed by atoms with Crippen molar-refractivity contribution in [3.8, 4) is 5.75 Å². The Morgan fingerprint density at radius 2 is 1.86 bits per heavy atom. The topological polar surface area (TPSA) is 83.9 Å². The highest BCUT2D eigenvalue weighted by molar-refractivity contribution is 8.26. The second-order valence-electron chi connectivity index (χ2n) is 6.43. The summed E-state index contributed by atoms with van der Waals surface area (Å²) in [5.41, 5.74) is 2.92. The number of amides is 1. The number of rotatable bonds is 7. The zero-order valence-electron chi connectivity index (χ0n) is 15.6. The summed E-state index contributed by atoms with van der Waals surface area (Å²) >= 11 is 6.27. The van der Waals surface area contributed by atoms with Crippen molar-refractivity contribution in [2.75, 3.05) is 12.3 Å². The monoisotopic (exact) mass is 449 g/mol. The Bertz CT molecular complexity index is 1060. The van der Waals surface area contributed by atoms with Gasteiger partial charge in [0.2, 0.25) is 0 Å². The van der Waals surface area contributed by atoms with Gasteiger partial charge in [0.05, 0.1) is 10.7 Å². The Morgan fingerprint density at radius 1 is 1.17 bits per heavy atom. The second-order valence-corrected chi connectivity index (χ2v) is 9.68. The van der Waals surface area contributed by atoms with Crippen molar-refractivity contribution in [2.24, 2.45) is 0 Å². The van der Waals surface area contributed by atoms with Gasteiger partial charge in [0.25, 0.3) is 16.0 Å². The molecule has 1 heterocycles. The average molecular weight is 450 g/mol. The molecule has 1 fully saturated rings. The van der Waals surface area contributed by atoms with Crippen molar-refractivity contribution in [1.82, 2.24) is 4.90 Å². The fourth-order valence-electron chi connectivity index (χ4n) is 2.62. The van der Waals surface area contributed by atoms with Crippen molar-refractivity contribution in [1.29, 1.82) is 0 Å². The van der Waals surface area contributed by atoms with Crippen molar-refractivity contribution in [3.05, 3.63) is 70.1 Å². The minimum absolute atomic E-state index is 0.188. The zero-order chi connectivity index (χ0) is 21.0. The number of carbonyl (C=O) groups is 1. The molecular formula is C20H19NO5S3. The molecule has 0 bridgehead atoms. The Kier molecular flexibility index (Phi) is 6.74. The summed E-state index contributed by atoms with van der Waals surface area (Å²) < 4.78 is 37.0. The summed E-state index contributed by atoms with van der Waals surface area (Å²) in [7, 11) is -4.18. The maximum absolute atomic E-state index is 12.6. The first-order valence-corrected chi connectivity index (χ1v) is 11.5. The standard InChI is InChI=1S/C20H19NO5S3/c1-14-6-8-15(9-7-14)13-26-17-5-3-2-4-16(17)12-18-19(22)21(20(27)28-18)10-11-29(23,24)25/h2-9,12H,10-11,13H2,1H3,(H,23,24,25). The van der Waals surface area contributed by atoms with E-state index in [-0.39, 0.29) is 10.9 Å². The van der Waals surface area contributed by atoms with Crippen LogP contribution >= 0.6 is 24.0 Å². The number of carbonyl (C=O) groups excluding carboxylic acids is 1. The summed E-state index contributed by atoms with van der Waals surface area (Å²) in [5.74, 6) is -0.337. The number of hydrogen-bond donors (Lipinski definition) is 1. The highest BCUT2D eigenvalue weighted by atomic mass is 32.2. The third kappa shape index (κ3) is 5.89. The van der Waals surface area contributed by atoms with Crippen molar-refractivity contribution in [3.63, 3.8) is 0 Å². The summed E-state index contributed by atoms with van der Waals surface area (Å²) in [6, 6.07) is 15.4. The molecule has 0 aliphatic carbocycles. The molecule has 3 rings (SSSR count). The molecule has 1 aliphatic heterocycles. The number of benzene rings is 2. The lowest BCUT2D eigenvalue weighted by molar-refractivity contribution is -0.121. The Hall–Kier alpha value is -2.20. The number of thiocarbonyl (C=S) groups is 1. The molecule has 0 radical (unpaired) electrons. The van der Waals surface area contributed by atoms with Gasteiger partial charge in [-0.1, -0.05) is 72.0 Å². The van der Waals surface area contributed by atoms with E-state index >= 15 is 0 Å². The first kappa shape index (κ1) is 21.5. The molecule has 1 N–H and O–H groups in total. The third-order valence-corrected chi connectivity index (χ3v) is 6.24. The lowest BCUT2D eigenvalue weighted by Gasteiger charge is -2.12. The molecule has 2 aromatic rings. The van der Waals surface area contributed by atoms with E-state index in [1.165, 1.54) is 10.5 Å². The van der Waals surface area contributed by atoms with Crippen molar-refractivity contribution in [2.45, 2.75) is 13.5 Å². The van der Waals surface area contributed by atoms with Crippen LogP contribution in [0.1, 0.15) is 16.7 Å². The molecule has 1 saturated heterocycles. The summed E-state index contributed by atoms with van der Waals surface area (Å²) in [6.07, 6.45) is 1.68. The van der Waals surface area contributed by atoms with Crippen LogP contribution in [0.25, 0.3) is 6.08 Å². The molecule has 152 valence electrons. The number of aryl methyl sites for hydroxylation is 1. The van der Waals surface area contributed by atoms with Gasteiger partial charge in [-0.25, -0.2) is 0 Å². The summed E-state index contributed by atoms with van der Waals surface area (Å²) in [6.45, 7) is 2.22. The van der Waals surface area contributed by atoms with Crippen molar-refractivity contribution >= 4 is 50.4 Å². The van der Waals surface area contributed by atoms with E-state index in [0.717, 1.165) is 22.9 Å². The zero-order valence-corrected chi connectivity index (χ0v) is 18.0.